The van der Waals surface area contributed by atoms with Gasteiger partial charge in [0.2, 0.25) is 15.9 Å². The van der Waals surface area contributed by atoms with Crippen LogP contribution in [0.4, 0.5) is 0 Å². The third-order valence-corrected chi connectivity index (χ3v) is 4.58. The van der Waals surface area contributed by atoms with Gasteiger partial charge in [-0.05, 0) is 37.1 Å². The molecule has 1 amide bonds. The van der Waals surface area contributed by atoms with Crippen molar-refractivity contribution in [1.29, 1.82) is 0 Å². The fourth-order valence-electron chi connectivity index (χ4n) is 1.87. The van der Waals surface area contributed by atoms with E-state index in [9.17, 15) is 13.2 Å². The Bertz CT molecular complexity index is 628. The zero-order valence-electron chi connectivity index (χ0n) is 13.2. The Balaban J connectivity index is 2.79. The van der Waals surface area contributed by atoms with Crippen molar-refractivity contribution in [1.82, 2.24) is 10.0 Å². The molecule has 0 saturated carbocycles. The van der Waals surface area contributed by atoms with E-state index in [4.69, 9.17) is 9.47 Å². The van der Waals surface area contributed by atoms with Crippen LogP contribution in [0.3, 0.4) is 0 Å². The Hall–Kier alpha value is -1.64. The lowest BCUT2D eigenvalue weighted by molar-refractivity contribution is -0.120. The maximum Gasteiger partial charge on any atom is 0.241 e. The second kappa shape index (κ2) is 8.11. The third kappa shape index (κ3) is 4.97. The molecule has 22 heavy (non-hydrogen) atoms. The number of sulfonamides is 1. The SMILES string of the molecule is COCCNC(=O)CNS(=O)(=O)c1cc(C)c(OC)cc1C. The van der Waals surface area contributed by atoms with Crippen molar-refractivity contribution in [2.45, 2.75) is 18.7 Å². The van der Waals surface area contributed by atoms with Crippen molar-refractivity contribution >= 4 is 15.9 Å². The van der Waals surface area contributed by atoms with Crippen molar-refractivity contribution in [2.24, 2.45) is 0 Å². The van der Waals surface area contributed by atoms with E-state index in [-0.39, 0.29) is 11.4 Å². The van der Waals surface area contributed by atoms with Gasteiger partial charge in [-0.3, -0.25) is 4.79 Å². The lowest BCUT2D eigenvalue weighted by Crippen LogP contribution is -2.38. The first-order chi connectivity index (χ1) is 10.3. The van der Waals surface area contributed by atoms with Gasteiger partial charge in [0, 0.05) is 13.7 Å². The Kier molecular flexibility index (Phi) is 6.79. The van der Waals surface area contributed by atoms with Crippen LogP contribution >= 0.6 is 0 Å². The van der Waals surface area contributed by atoms with Crippen LogP contribution in [0.15, 0.2) is 17.0 Å². The first-order valence-electron chi connectivity index (χ1n) is 6.72. The molecule has 0 aliphatic carbocycles. The molecule has 0 spiro atoms. The topological polar surface area (TPSA) is 93.7 Å². The number of hydrogen-bond acceptors (Lipinski definition) is 5. The predicted molar refractivity (Wildman–Crippen MR) is 82.5 cm³/mol. The minimum Gasteiger partial charge on any atom is -0.496 e. The van der Waals surface area contributed by atoms with Gasteiger partial charge < -0.3 is 14.8 Å². The molecule has 0 heterocycles. The molecule has 124 valence electrons. The van der Waals surface area contributed by atoms with Gasteiger partial charge in [0.1, 0.15) is 5.75 Å². The molecule has 8 heteroatoms. The molecule has 2 N–H and O–H groups in total. The predicted octanol–water partition coefficient (Wildman–Crippen LogP) is 0.353. The molecule has 1 aromatic carbocycles. The Labute approximate surface area is 131 Å². The van der Waals surface area contributed by atoms with E-state index in [0.717, 1.165) is 0 Å². The molecule has 0 unspecified atom stereocenters. The molecule has 0 aromatic heterocycles. The molecule has 1 aromatic rings. The van der Waals surface area contributed by atoms with Gasteiger partial charge in [-0.15, -0.1) is 0 Å². The molecule has 0 aliphatic heterocycles. The lowest BCUT2D eigenvalue weighted by atomic mass is 10.1. The number of rotatable bonds is 8. The first kappa shape index (κ1) is 18.4. The van der Waals surface area contributed by atoms with E-state index in [0.29, 0.717) is 30.0 Å². The molecule has 1 rings (SSSR count). The summed E-state index contributed by atoms with van der Waals surface area (Å²) in [6.45, 7) is 3.81. The molecule has 0 fully saturated rings. The summed E-state index contributed by atoms with van der Waals surface area (Å²) in [5.74, 6) is 0.206. The fourth-order valence-corrected chi connectivity index (χ4v) is 3.16. The Morgan fingerprint density at radius 2 is 1.86 bits per heavy atom. The maximum atomic E-state index is 12.3. The number of amides is 1. The quantitative estimate of drug-likeness (QED) is 0.671. The summed E-state index contributed by atoms with van der Waals surface area (Å²) < 4.78 is 36.8. The normalized spacial score (nSPS) is 11.3. The van der Waals surface area contributed by atoms with Crippen LogP contribution in [-0.4, -0.2) is 48.2 Å². The number of carbonyl (C=O) groups is 1. The van der Waals surface area contributed by atoms with Gasteiger partial charge >= 0.3 is 0 Å². The second-order valence-corrected chi connectivity index (χ2v) is 6.49. The molecule has 0 aliphatic rings. The zero-order chi connectivity index (χ0) is 16.8. The Morgan fingerprint density at radius 3 is 2.45 bits per heavy atom. The van der Waals surface area contributed by atoms with E-state index in [2.05, 4.69) is 10.0 Å². The first-order valence-corrected chi connectivity index (χ1v) is 8.20. The maximum absolute atomic E-state index is 12.3. The van der Waals surface area contributed by atoms with E-state index in [1.807, 2.05) is 0 Å². The van der Waals surface area contributed by atoms with Crippen LogP contribution in [-0.2, 0) is 19.6 Å². The van der Waals surface area contributed by atoms with E-state index < -0.39 is 15.9 Å². The Morgan fingerprint density at radius 1 is 1.18 bits per heavy atom. The minimum absolute atomic E-state index is 0.135. The van der Waals surface area contributed by atoms with E-state index in [1.54, 1.807) is 19.9 Å². The third-order valence-electron chi connectivity index (χ3n) is 3.03. The summed E-state index contributed by atoms with van der Waals surface area (Å²) >= 11 is 0. The lowest BCUT2D eigenvalue weighted by Gasteiger charge is -2.12. The standard InChI is InChI=1S/C14H22N2O5S/c1-10-8-13(11(2)7-12(10)21-4)22(18,19)16-9-14(17)15-5-6-20-3/h7-8,16H,5-6,9H2,1-4H3,(H,15,17). The highest BCUT2D eigenvalue weighted by Crippen LogP contribution is 2.25. The highest BCUT2D eigenvalue weighted by Gasteiger charge is 2.19. The number of ether oxygens (including phenoxy) is 2. The summed E-state index contributed by atoms with van der Waals surface area (Å²) in [6.07, 6.45) is 0. The molecular formula is C14H22N2O5S. The fraction of sp³-hybridized carbons (Fsp3) is 0.500. The summed E-state index contributed by atoms with van der Waals surface area (Å²) in [7, 11) is -0.718. The molecular weight excluding hydrogens is 308 g/mol. The summed E-state index contributed by atoms with van der Waals surface area (Å²) in [4.78, 5) is 11.7. The highest BCUT2D eigenvalue weighted by atomic mass is 32.2. The zero-order valence-corrected chi connectivity index (χ0v) is 14.0. The number of aryl methyl sites for hydroxylation is 2. The molecule has 7 nitrogen and oxygen atoms in total. The monoisotopic (exact) mass is 330 g/mol. The van der Waals surface area contributed by atoms with Gasteiger partial charge in [0.05, 0.1) is 25.2 Å². The number of nitrogens with one attached hydrogen (secondary N) is 2. The van der Waals surface area contributed by atoms with Gasteiger partial charge in [0.15, 0.2) is 0 Å². The average molecular weight is 330 g/mol. The second-order valence-electron chi connectivity index (χ2n) is 4.75. The molecule has 0 atom stereocenters. The van der Waals surface area contributed by atoms with Gasteiger partial charge in [-0.2, -0.15) is 0 Å². The van der Waals surface area contributed by atoms with Gasteiger partial charge in [0.25, 0.3) is 0 Å². The van der Waals surface area contributed by atoms with Crippen molar-refractivity contribution < 1.29 is 22.7 Å². The van der Waals surface area contributed by atoms with Crippen molar-refractivity contribution in [3.63, 3.8) is 0 Å². The molecule has 0 bridgehead atoms. The van der Waals surface area contributed by atoms with E-state index >= 15 is 0 Å². The number of benzene rings is 1. The number of hydrogen-bond donors (Lipinski definition) is 2. The van der Waals surface area contributed by atoms with Crippen LogP contribution in [0.5, 0.6) is 5.75 Å². The van der Waals surface area contributed by atoms with Crippen LogP contribution in [0, 0.1) is 13.8 Å². The average Bonchev–Trinajstić information content (AvgIpc) is 2.47. The van der Waals surface area contributed by atoms with E-state index in [1.165, 1.54) is 20.3 Å². The van der Waals surface area contributed by atoms with Crippen LogP contribution in [0.1, 0.15) is 11.1 Å². The molecule has 0 radical (unpaired) electrons. The summed E-state index contributed by atoms with van der Waals surface area (Å²) in [5, 5.41) is 2.54. The van der Waals surface area contributed by atoms with Crippen LogP contribution in [0.2, 0.25) is 0 Å². The van der Waals surface area contributed by atoms with Crippen molar-refractivity contribution in [3.8, 4) is 5.75 Å². The van der Waals surface area contributed by atoms with Crippen molar-refractivity contribution in [2.75, 3.05) is 33.9 Å². The van der Waals surface area contributed by atoms with Crippen LogP contribution in [0.25, 0.3) is 0 Å². The van der Waals surface area contributed by atoms with Gasteiger partial charge in [-0.1, -0.05) is 0 Å². The summed E-state index contributed by atoms with van der Waals surface area (Å²) in [5.41, 5.74) is 1.26. The largest absolute Gasteiger partial charge is 0.496 e. The molecule has 0 saturated heterocycles. The number of methoxy groups -OCH3 is 2. The summed E-state index contributed by atoms with van der Waals surface area (Å²) in [6, 6.07) is 3.18. The van der Waals surface area contributed by atoms with Crippen molar-refractivity contribution in [3.05, 3.63) is 23.3 Å². The smallest absolute Gasteiger partial charge is 0.241 e. The van der Waals surface area contributed by atoms with Gasteiger partial charge in [-0.25, -0.2) is 13.1 Å². The number of carbonyl (C=O) groups excluding carboxylic acids is 1. The highest BCUT2D eigenvalue weighted by molar-refractivity contribution is 7.89. The minimum atomic E-state index is -3.76. The van der Waals surface area contributed by atoms with Crippen LogP contribution < -0.4 is 14.8 Å².